The van der Waals surface area contributed by atoms with E-state index in [0.29, 0.717) is 5.56 Å². The summed E-state index contributed by atoms with van der Waals surface area (Å²) in [6.07, 6.45) is 1.72. The molecule has 0 amide bonds. The van der Waals surface area contributed by atoms with E-state index in [1.807, 2.05) is 30.3 Å². The van der Waals surface area contributed by atoms with Crippen LogP contribution in [0.1, 0.15) is 18.1 Å². The predicted octanol–water partition coefficient (Wildman–Crippen LogP) is 3.63. The summed E-state index contributed by atoms with van der Waals surface area (Å²) in [5.74, 6) is -0.315. The number of aliphatic hydroxyl groups is 1. The summed E-state index contributed by atoms with van der Waals surface area (Å²) in [6.45, 7) is 1.70. The van der Waals surface area contributed by atoms with Crippen molar-refractivity contribution in [3.8, 4) is 0 Å². The van der Waals surface area contributed by atoms with Crippen LogP contribution in [0, 0.1) is 5.82 Å². The Bertz CT molecular complexity index is 750. The average Bonchev–Trinajstić information content (AvgIpc) is 2.47. The molecule has 1 N–H and O–H groups in total. The standard InChI is InChI=1S/C17H14FNO/c1-17(20,13-6-8-15(18)9-7-13)14-5-4-12-3-2-10-19-16(12)11-14/h2-11,20H,1H3. The number of benzene rings is 2. The highest BCUT2D eigenvalue weighted by Crippen LogP contribution is 2.30. The number of halogens is 1. The van der Waals surface area contributed by atoms with Gasteiger partial charge in [-0.05, 0) is 42.3 Å². The molecular formula is C17H14FNO. The Balaban J connectivity index is 2.10. The molecule has 1 heterocycles. The molecule has 3 rings (SSSR count). The van der Waals surface area contributed by atoms with Crippen molar-refractivity contribution in [2.45, 2.75) is 12.5 Å². The lowest BCUT2D eigenvalue weighted by molar-refractivity contribution is 0.102. The zero-order chi connectivity index (χ0) is 14.2. The molecule has 20 heavy (non-hydrogen) atoms. The van der Waals surface area contributed by atoms with Gasteiger partial charge in [-0.1, -0.05) is 30.3 Å². The van der Waals surface area contributed by atoms with Gasteiger partial charge in [0.05, 0.1) is 5.52 Å². The summed E-state index contributed by atoms with van der Waals surface area (Å²) >= 11 is 0. The van der Waals surface area contributed by atoms with Crippen LogP contribution in [0.4, 0.5) is 4.39 Å². The van der Waals surface area contributed by atoms with E-state index in [4.69, 9.17) is 0 Å². The van der Waals surface area contributed by atoms with Crippen LogP contribution in [0.15, 0.2) is 60.8 Å². The zero-order valence-corrected chi connectivity index (χ0v) is 11.0. The second-order valence-corrected chi connectivity index (χ2v) is 4.99. The van der Waals surface area contributed by atoms with Crippen LogP contribution in [0.3, 0.4) is 0 Å². The Kier molecular flexibility index (Phi) is 2.99. The van der Waals surface area contributed by atoms with Gasteiger partial charge in [-0.2, -0.15) is 0 Å². The van der Waals surface area contributed by atoms with E-state index >= 15 is 0 Å². The summed E-state index contributed by atoms with van der Waals surface area (Å²) in [6, 6.07) is 15.4. The maximum absolute atomic E-state index is 13.0. The second kappa shape index (κ2) is 4.69. The molecule has 1 atom stereocenters. The molecule has 0 aliphatic carbocycles. The van der Waals surface area contributed by atoms with E-state index in [9.17, 15) is 9.50 Å². The van der Waals surface area contributed by atoms with Crippen molar-refractivity contribution in [3.05, 3.63) is 77.7 Å². The fourth-order valence-corrected chi connectivity index (χ4v) is 2.31. The molecule has 0 spiro atoms. The van der Waals surface area contributed by atoms with Gasteiger partial charge in [0, 0.05) is 11.6 Å². The number of pyridine rings is 1. The maximum atomic E-state index is 13.0. The third-order valence-corrected chi connectivity index (χ3v) is 3.57. The van der Waals surface area contributed by atoms with Crippen molar-refractivity contribution in [1.82, 2.24) is 4.98 Å². The minimum atomic E-state index is -1.18. The molecule has 0 aliphatic rings. The highest BCUT2D eigenvalue weighted by atomic mass is 19.1. The van der Waals surface area contributed by atoms with Gasteiger partial charge >= 0.3 is 0 Å². The van der Waals surface area contributed by atoms with Crippen molar-refractivity contribution in [1.29, 1.82) is 0 Å². The lowest BCUT2D eigenvalue weighted by Gasteiger charge is -2.24. The van der Waals surface area contributed by atoms with Gasteiger partial charge in [0.2, 0.25) is 0 Å². The first kappa shape index (κ1) is 12.8. The number of fused-ring (bicyclic) bond motifs is 1. The lowest BCUT2D eigenvalue weighted by Crippen LogP contribution is -2.22. The second-order valence-electron chi connectivity index (χ2n) is 4.99. The fourth-order valence-electron chi connectivity index (χ4n) is 2.31. The molecule has 0 bridgehead atoms. The number of hydrogen-bond acceptors (Lipinski definition) is 2. The van der Waals surface area contributed by atoms with E-state index in [1.54, 1.807) is 25.3 Å². The molecule has 3 aromatic rings. The molecule has 0 radical (unpaired) electrons. The summed E-state index contributed by atoms with van der Waals surface area (Å²) in [5, 5.41) is 11.8. The van der Waals surface area contributed by atoms with Crippen molar-refractivity contribution in [2.24, 2.45) is 0 Å². The molecular weight excluding hydrogens is 253 g/mol. The lowest BCUT2D eigenvalue weighted by atomic mass is 9.88. The first-order valence-electron chi connectivity index (χ1n) is 6.41. The van der Waals surface area contributed by atoms with Crippen LogP contribution < -0.4 is 0 Å². The SMILES string of the molecule is CC(O)(c1ccc(F)cc1)c1ccc2cccnc2c1. The maximum Gasteiger partial charge on any atom is 0.123 e. The van der Waals surface area contributed by atoms with E-state index in [2.05, 4.69) is 4.98 Å². The van der Waals surface area contributed by atoms with Crippen LogP contribution >= 0.6 is 0 Å². The van der Waals surface area contributed by atoms with Gasteiger partial charge in [0.15, 0.2) is 0 Å². The minimum absolute atomic E-state index is 0.315. The first-order chi connectivity index (χ1) is 9.57. The van der Waals surface area contributed by atoms with Crippen LogP contribution in [0.2, 0.25) is 0 Å². The van der Waals surface area contributed by atoms with Gasteiger partial charge in [-0.3, -0.25) is 4.98 Å². The summed E-state index contributed by atoms with van der Waals surface area (Å²) in [7, 11) is 0. The quantitative estimate of drug-likeness (QED) is 0.769. The Morgan fingerprint density at radius 1 is 1.00 bits per heavy atom. The topological polar surface area (TPSA) is 33.1 Å². The van der Waals surface area contributed by atoms with Gasteiger partial charge in [-0.15, -0.1) is 0 Å². The molecule has 2 aromatic carbocycles. The third kappa shape index (κ3) is 2.17. The van der Waals surface area contributed by atoms with Crippen LogP contribution in [-0.4, -0.2) is 10.1 Å². The number of rotatable bonds is 2. The van der Waals surface area contributed by atoms with E-state index in [1.165, 1.54) is 12.1 Å². The molecule has 0 fully saturated rings. The minimum Gasteiger partial charge on any atom is -0.381 e. The van der Waals surface area contributed by atoms with Gasteiger partial charge < -0.3 is 5.11 Å². The Labute approximate surface area is 116 Å². The first-order valence-corrected chi connectivity index (χ1v) is 6.41. The van der Waals surface area contributed by atoms with Crippen LogP contribution in [0.25, 0.3) is 10.9 Å². The predicted molar refractivity (Wildman–Crippen MR) is 76.8 cm³/mol. The summed E-state index contributed by atoms with van der Waals surface area (Å²) in [4.78, 5) is 4.29. The van der Waals surface area contributed by atoms with E-state index < -0.39 is 5.60 Å². The molecule has 0 saturated heterocycles. The molecule has 1 aromatic heterocycles. The molecule has 2 nitrogen and oxygen atoms in total. The largest absolute Gasteiger partial charge is 0.381 e. The van der Waals surface area contributed by atoms with Crippen molar-refractivity contribution in [3.63, 3.8) is 0 Å². The van der Waals surface area contributed by atoms with Crippen LogP contribution in [0.5, 0.6) is 0 Å². The third-order valence-electron chi connectivity index (χ3n) is 3.57. The van der Waals surface area contributed by atoms with Crippen molar-refractivity contribution in [2.75, 3.05) is 0 Å². The Morgan fingerprint density at radius 2 is 1.70 bits per heavy atom. The Hall–Kier alpha value is -2.26. The van der Waals surface area contributed by atoms with Gasteiger partial charge in [0.1, 0.15) is 11.4 Å². The van der Waals surface area contributed by atoms with Crippen LogP contribution in [-0.2, 0) is 5.60 Å². The van der Waals surface area contributed by atoms with Crippen molar-refractivity contribution < 1.29 is 9.50 Å². The smallest absolute Gasteiger partial charge is 0.123 e. The molecule has 0 aliphatic heterocycles. The normalized spacial score (nSPS) is 14.2. The summed E-state index contributed by atoms with van der Waals surface area (Å²) in [5.41, 5.74) is 1.02. The number of aromatic nitrogens is 1. The van der Waals surface area contributed by atoms with Crippen molar-refractivity contribution >= 4 is 10.9 Å². The highest BCUT2D eigenvalue weighted by molar-refractivity contribution is 5.79. The average molecular weight is 267 g/mol. The highest BCUT2D eigenvalue weighted by Gasteiger charge is 2.25. The summed E-state index contributed by atoms with van der Waals surface area (Å²) < 4.78 is 13.0. The monoisotopic (exact) mass is 267 g/mol. The molecule has 100 valence electrons. The number of nitrogens with zero attached hydrogens (tertiary/aromatic N) is 1. The van der Waals surface area contributed by atoms with Gasteiger partial charge in [0.25, 0.3) is 0 Å². The molecule has 3 heteroatoms. The Morgan fingerprint density at radius 3 is 2.45 bits per heavy atom. The zero-order valence-electron chi connectivity index (χ0n) is 11.0. The van der Waals surface area contributed by atoms with Gasteiger partial charge in [-0.25, -0.2) is 4.39 Å². The van der Waals surface area contributed by atoms with E-state index in [-0.39, 0.29) is 5.82 Å². The molecule has 1 unspecified atom stereocenters. The van der Waals surface area contributed by atoms with E-state index in [0.717, 1.165) is 16.5 Å². The molecule has 0 saturated carbocycles. The number of hydrogen-bond donors (Lipinski definition) is 1. The fraction of sp³-hybridized carbons (Fsp3) is 0.118.